The first-order valence-corrected chi connectivity index (χ1v) is 13.4. The minimum atomic E-state index is -3.74. The summed E-state index contributed by atoms with van der Waals surface area (Å²) >= 11 is 0. The number of sulfonamides is 1. The van der Waals surface area contributed by atoms with Crippen molar-refractivity contribution in [1.82, 2.24) is 4.31 Å². The van der Waals surface area contributed by atoms with Crippen LogP contribution in [0.25, 0.3) is 0 Å². The Labute approximate surface area is 196 Å². The molecule has 0 spiro atoms. The third-order valence-corrected chi connectivity index (χ3v) is 7.94. The molecule has 0 fully saturated rings. The Morgan fingerprint density at radius 2 is 1.61 bits per heavy atom. The zero-order valence-corrected chi connectivity index (χ0v) is 20.3. The molecule has 0 saturated carbocycles. The lowest BCUT2D eigenvalue weighted by Crippen LogP contribution is -2.30. The fourth-order valence-electron chi connectivity index (χ4n) is 3.18. The van der Waals surface area contributed by atoms with E-state index < -0.39 is 26.7 Å². The molecule has 1 atom stereocenters. The van der Waals surface area contributed by atoms with Gasteiger partial charge < -0.3 is 10.1 Å². The van der Waals surface area contributed by atoms with E-state index >= 15 is 0 Å². The van der Waals surface area contributed by atoms with Crippen molar-refractivity contribution in [3.05, 3.63) is 78.4 Å². The van der Waals surface area contributed by atoms with Crippen LogP contribution in [0.4, 0.5) is 5.69 Å². The molecule has 0 aliphatic heterocycles. The molecule has 3 aromatic rings. The third-order valence-electron chi connectivity index (χ3n) is 4.96. The fraction of sp³-hybridized carbons (Fsp3) is 0.208. The second-order valence-corrected chi connectivity index (χ2v) is 10.4. The monoisotopic (exact) mass is 486 g/mol. The topological polar surface area (TPSA) is 92.8 Å². The first kappa shape index (κ1) is 24.6. The van der Waals surface area contributed by atoms with Crippen molar-refractivity contribution in [3.63, 3.8) is 0 Å². The lowest BCUT2D eigenvalue weighted by atomic mass is 10.2. The molecule has 174 valence electrons. The summed E-state index contributed by atoms with van der Waals surface area (Å²) in [6.07, 6.45) is 1.56. The highest BCUT2D eigenvalue weighted by atomic mass is 32.2. The molecule has 0 bridgehead atoms. The van der Waals surface area contributed by atoms with Gasteiger partial charge in [0.2, 0.25) is 10.0 Å². The van der Waals surface area contributed by atoms with Crippen LogP contribution >= 0.6 is 0 Å². The van der Waals surface area contributed by atoms with Crippen molar-refractivity contribution in [2.75, 3.05) is 24.7 Å². The van der Waals surface area contributed by atoms with Gasteiger partial charge in [-0.15, -0.1) is 0 Å². The van der Waals surface area contributed by atoms with E-state index in [0.717, 1.165) is 0 Å². The van der Waals surface area contributed by atoms with Crippen LogP contribution in [0.5, 0.6) is 11.5 Å². The van der Waals surface area contributed by atoms with Crippen LogP contribution < -0.4 is 10.1 Å². The van der Waals surface area contributed by atoms with Crippen molar-refractivity contribution >= 4 is 32.4 Å². The predicted molar refractivity (Wildman–Crippen MR) is 130 cm³/mol. The molecule has 1 amide bonds. The molecule has 33 heavy (non-hydrogen) atoms. The highest BCUT2D eigenvalue weighted by Gasteiger charge is 2.23. The zero-order valence-electron chi connectivity index (χ0n) is 18.6. The third kappa shape index (κ3) is 5.87. The number of ether oxygens (including phenoxy) is 1. The predicted octanol–water partition coefficient (Wildman–Crippen LogP) is 4.50. The highest BCUT2D eigenvalue weighted by molar-refractivity contribution is 7.89. The standard InChI is InChI=1S/C24H26N2O5S2/c1-4-26(5-2)33(29,30)21-15-16-23(31-19-9-7-6-8-10-19)22(17-21)25-24(27)18-11-13-20(14-12-18)32(3)28/h6-17H,4-5H2,1-3H3,(H,25,27). The summed E-state index contributed by atoms with van der Waals surface area (Å²) in [6.45, 7) is 4.19. The average molecular weight is 487 g/mol. The van der Waals surface area contributed by atoms with Crippen molar-refractivity contribution in [2.24, 2.45) is 0 Å². The van der Waals surface area contributed by atoms with Crippen molar-refractivity contribution in [2.45, 2.75) is 23.6 Å². The van der Waals surface area contributed by atoms with Crippen LogP contribution in [-0.4, -0.2) is 42.2 Å². The second kappa shape index (κ2) is 10.7. The minimum Gasteiger partial charge on any atom is -0.455 e. The van der Waals surface area contributed by atoms with E-state index in [9.17, 15) is 17.4 Å². The smallest absolute Gasteiger partial charge is 0.255 e. The summed E-state index contributed by atoms with van der Waals surface area (Å²) in [5, 5.41) is 2.76. The maximum Gasteiger partial charge on any atom is 0.255 e. The average Bonchev–Trinajstić information content (AvgIpc) is 2.81. The number of carbonyl (C=O) groups is 1. The van der Waals surface area contributed by atoms with Gasteiger partial charge >= 0.3 is 0 Å². The molecule has 3 aromatic carbocycles. The number of nitrogens with zero attached hydrogens (tertiary/aromatic N) is 1. The van der Waals surface area contributed by atoms with Gasteiger partial charge in [0.25, 0.3) is 5.91 Å². The number of rotatable bonds is 9. The zero-order chi connectivity index (χ0) is 24.0. The second-order valence-electron chi connectivity index (χ2n) is 7.10. The Hall–Kier alpha value is -3.01. The quantitative estimate of drug-likeness (QED) is 0.481. The van der Waals surface area contributed by atoms with E-state index in [-0.39, 0.29) is 10.6 Å². The number of anilines is 1. The molecule has 0 heterocycles. The molecule has 3 rings (SSSR count). The Kier molecular flexibility index (Phi) is 8.01. The number of carbonyl (C=O) groups excluding carboxylic acids is 1. The van der Waals surface area contributed by atoms with Crippen LogP contribution in [0.15, 0.2) is 82.6 Å². The SMILES string of the molecule is CCN(CC)S(=O)(=O)c1ccc(Oc2ccccc2)c(NC(=O)c2ccc(S(C)=O)cc2)c1. The van der Waals surface area contributed by atoms with Gasteiger partial charge in [-0.25, -0.2) is 8.42 Å². The molecule has 1 N–H and O–H groups in total. The van der Waals surface area contributed by atoms with E-state index in [4.69, 9.17) is 4.74 Å². The first-order chi connectivity index (χ1) is 15.8. The largest absolute Gasteiger partial charge is 0.455 e. The molecule has 7 nitrogen and oxygen atoms in total. The molecular weight excluding hydrogens is 460 g/mol. The Bertz CT molecular complexity index is 1240. The van der Waals surface area contributed by atoms with Gasteiger partial charge in [0.15, 0.2) is 5.75 Å². The van der Waals surface area contributed by atoms with Crippen LogP contribution in [0.2, 0.25) is 0 Å². The Balaban J connectivity index is 1.99. The molecule has 0 aromatic heterocycles. The van der Waals surface area contributed by atoms with Crippen molar-refractivity contribution in [3.8, 4) is 11.5 Å². The minimum absolute atomic E-state index is 0.0543. The van der Waals surface area contributed by atoms with Gasteiger partial charge in [-0.05, 0) is 54.6 Å². The summed E-state index contributed by atoms with van der Waals surface area (Å²) in [6, 6.07) is 19.8. The number of nitrogens with one attached hydrogen (secondary N) is 1. The number of hydrogen-bond donors (Lipinski definition) is 1. The summed E-state index contributed by atoms with van der Waals surface area (Å²) < 4.78 is 44.9. The van der Waals surface area contributed by atoms with Crippen LogP contribution in [0, 0.1) is 0 Å². The Morgan fingerprint density at radius 3 is 2.18 bits per heavy atom. The van der Waals surface area contributed by atoms with Gasteiger partial charge in [-0.3, -0.25) is 9.00 Å². The first-order valence-electron chi connectivity index (χ1n) is 10.4. The lowest BCUT2D eigenvalue weighted by Gasteiger charge is -2.20. The fourth-order valence-corrected chi connectivity index (χ4v) is 5.18. The van der Waals surface area contributed by atoms with E-state index in [1.54, 1.807) is 56.5 Å². The van der Waals surface area contributed by atoms with Gasteiger partial charge in [0, 0.05) is 40.6 Å². The van der Waals surface area contributed by atoms with Crippen LogP contribution in [-0.2, 0) is 20.8 Å². The molecule has 0 saturated heterocycles. The molecule has 0 aliphatic rings. The van der Waals surface area contributed by atoms with Crippen LogP contribution in [0.1, 0.15) is 24.2 Å². The van der Waals surface area contributed by atoms with Gasteiger partial charge in [0.1, 0.15) is 5.75 Å². The lowest BCUT2D eigenvalue weighted by molar-refractivity contribution is 0.102. The number of amides is 1. The summed E-state index contributed by atoms with van der Waals surface area (Å²) in [5.41, 5.74) is 0.562. The van der Waals surface area contributed by atoms with Gasteiger partial charge in [-0.2, -0.15) is 4.31 Å². The maximum atomic E-state index is 13.0. The molecule has 0 aliphatic carbocycles. The summed E-state index contributed by atoms with van der Waals surface area (Å²) in [4.78, 5) is 13.6. The van der Waals surface area contributed by atoms with Crippen molar-refractivity contribution < 1.29 is 22.2 Å². The molecule has 1 unspecified atom stereocenters. The summed E-state index contributed by atoms with van der Waals surface area (Å²) in [5.74, 6) is 0.403. The molecular formula is C24H26N2O5S2. The number of benzene rings is 3. The van der Waals surface area contributed by atoms with E-state index in [2.05, 4.69) is 5.32 Å². The maximum absolute atomic E-state index is 13.0. The normalized spacial score (nSPS) is 12.4. The molecule has 9 heteroatoms. The van der Waals surface area contributed by atoms with E-state index in [1.165, 1.54) is 22.5 Å². The molecule has 0 radical (unpaired) electrons. The number of hydrogen-bond acceptors (Lipinski definition) is 5. The summed E-state index contributed by atoms with van der Waals surface area (Å²) in [7, 11) is -4.89. The van der Waals surface area contributed by atoms with Crippen molar-refractivity contribution in [1.29, 1.82) is 0 Å². The Morgan fingerprint density at radius 1 is 0.970 bits per heavy atom. The van der Waals surface area contributed by atoms with Gasteiger partial charge in [0.05, 0.1) is 10.6 Å². The van der Waals surface area contributed by atoms with Gasteiger partial charge in [-0.1, -0.05) is 32.0 Å². The number of para-hydroxylation sites is 1. The van der Waals surface area contributed by atoms with E-state index in [1.807, 2.05) is 18.2 Å². The van der Waals surface area contributed by atoms with Crippen LogP contribution in [0.3, 0.4) is 0 Å². The van der Waals surface area contributed by atoms with E-state index in [0.29, 0.717) is 35.0 Å². The highest BCUT2D eigenvalue weighted by Crippen LogP contribution is 2.33.